The molecule has 0 radical (unpaired) electrons. The fraction of sp³-hybridized carbons (Fsp3) is 0.867. The molecule has 1 heterocycles. The van der Waals surface area contributed by atoms with E-state index in [-0.39, 0.29) is 19.4 Å². The van der Waals surface area contributed by atoms with Crippen molar-refractivity contribution in [1.29, 1.82) is 0 Å². The number of methoxy groups -OCH3 is 2. The molecule has 24 heavy (non-hydrogen) atoms. The van der Waals surface area contributed by atoms with Gasteiger partial charge in [-0.15, -0.1) is 0 Å². The van der Waals surface area contributed by atoms with Crippen LogP contribution in [0, 0.1) is 5.41 Å². The Hall–Kier alpha value is -0.950. The molecule has 0 amide bonds. The first-order chi connectivity index (χ1) is 11.2. The Kier molecular flexibility index (Phi) is 6.99. The molecule has 1 aliphatic rings. The number of carbonyl (C=O) groups is 2. The van der Waals surface area contributed by atoms with Crippen LogP contribution in [0.2, 0.25) is 0 Å². The summed E-state index contributed by atoms with van der Waals surface area (Å²) >= 11 is 0. The Labute approximate surface area is 142 Å². The average Bonchev–Trinajstić information content (AvgIpc) is 3.05. The van der Waals surface area contributed by atoms with Crippen molar-refractivity contribution in [3.05, 3.63) is 0 Å². The van der Waals surface area contributed by atoms with Crippen LogP contribution in [0.1, 0.15) is 39.5 Å². The number of hydrogen-bond acceptors (Lipinski definition) is 6. The molecule has 0 bridgehead atoms. The molecule has 1 fully saturated rings. The fourth-order valence-corrected chi connectivity index (χ4v) is 5.50. The van der Waals surface area contributed by atoms with E-state index in [2.05, 4.69) is 0 Å². The summed E-state index contributed by atoms with van der Waals surface area (Å²) in [6.45, 7) is 4.58. The smallest absolute Gasteiger partial charge is 0.344 e. The van der Waals surface area contributed by atoms with Crippen molar-refractivity contribution in [2.45, 2.75) is 44.7 Å². The summed E-state index contributed by atoms with van der Waals surface area (Å²) < 4.78 is 22.1. The third-order valence-corrected chi connectivity index (χ3v) is 7.12. The molecule has 0 saturated carbocycles. The van der Waals surface area contributed by atoms with Crippen molar-refractivity contribution in [2.75, 3.05) is 33.9 Å². The molecule has 1 aliphatic heterocycles. The second-order valence-corrected chi connectivity index (χ2v) is 8.01. The quantitative estimate of drug-likeness (QED) is 0.486. The van der Waals surface area contributed by atoms with Gasteiger partial charge in [-0.1, -0.05) is 13.8 Å². The topological polar surface area (TPSA) is 113 Å². The van der Waals surface area contributed by atoms with Crippen LogP contribution in [0.4, 0.5) is 0 Å². The SMILES string of the molecule is CCC(CN1CCCC1)(C(=O)OC)C(CC)(C(=O)OC)P(=O)(O)O. The van der Waals surface area contributed by atoms with Gasteiger partial charge in [0, 0.05) is 6.54 Å². The van der Waals surface area contributed by atoms with E-state index in [9.17, 15) is 23.9 Å². The predicted molar refractivity (Wildman–Crippen MR) is 87.5 cm³/mol. The minimum atomic E-state index is -5.04. The zero-order chi connectivity index (χ0) is 18.6. The summed E-state index contributed by atoms with van der Waals surface area (Å²) in [5, 5.41) is -2.28. The van der Waals surface area contributed by atoms with Crippen LogP contribution in [-0.2, 0) is 23.6 Å². The van der Waals surface area contributed by atoms with Gasteiger partial charge in [0.25, 0.3) is 0 Å². The zero-order valence-electron chi connectivity index (χ0n) is 14.8. The summed E-state index contributed by atoms with van der Waals surface area (Å²) in [6, 6.07) is 0. The Morgan fingerprint density at radius 1 is 1.04 bits per heavy atom. The molecule has 9 heteroatoms. The highest BCUT2D eigenvalue weighted by molar-refractivity contribution is 7.55. The lowest BCUT2D eigenvalue weighted by Crippen LogP contribution is -2.62. The lowest BCUT2D eigenvalue weighted by Gasteiger charge is -2.46. The first-order valence-corrected chi connectivity index (χ1v) is 9.73. The van der Waals surface area contributed by atoms with Gasteiger partial charge in [-0.2, -0.15) is 0 Å². The summed E-state index contributed by atoms with van der Waals surface area (Å²) in [6.07, 6.45) is 1.69. The van der Waals surface area contributed by atoms with Crippen molar-refractivity contribution < 1.29 is 33.4 Å². The maximum absolute atomic E-state index is 12.7. The number of carbonyl (C=O) groups excluding carboxylic acids is 2. The van der Waals surface area contributed by atoms with Crippen molar-refractivity contribution in [3.63, 3.8) is 0 Å². The molecular formula is C15H28NO7P. The lowest BCUT2D eigenvalue weighted by atomic mass is 9.70. The van der Waals surface area contributed by atoms with Crippen LogP contribution in [0.3, 0.4) is 0 Å². The first-order valence-electron chi connectivity index (χ1n) is 8.11. The Bertz CT molecular complexity index is 514. The van der Waals surface area contributed by atoms with Gasteiger partial charge >= 0.3 is 19.5 Å². The number of esters is 2. The van der Waals surface area contributed by atoms with Crippen LogP contribution < -0.4 is 0 Å². The van der Waals surface area contributed by atoms with Crippen LogP contribution in [-0.4, -0.2) is 65.6 Å². The Morgan fingerprint density at radius 3 is 1.88 bits per heavy atom. The van der Waals surface area contributed by atoms with Crippen molar-refractivity contribution >= 4 is 19.5 Å². The van der Waals surface area contributed by atoms with Crippen LogP contribution >= 0.6 is 7.60 Å². The molecule has 1 saturated heterocycles. The van der Waals surface area contributed by atoms with E-state index in [1.54, 1.807) is 6.92 Å². The molecule has 1 rings (SSSR count). The second kappa shape index (κ2) is 7.95. The zero-order valence-corrected chi connectivity index (χ0v) is 15.7. The van der Waals surface area contributed by atoms with Crippen molar-refractivity contribution in [3.8, 4) is 0 Å². The van der Waals surface area contributed by atoms with Crippen molar-refractivity contribution in [2.24, 2.45) is 5.41 Å². The van der Waals surface area contributed by atoms with Gasteiger partial charge in [0.15, 0.2) is 5.16 Å². The number of nitrogens with zero attached hydrogens (tertiary/aromatic N) is 1. The van der Waals surface area contributed by atoms with Gasteiger partial charge < -0.3 is 24.2 Å². The first kappa shape index (κ1) is 21.1. The van der Waals surface area contributed by atoms with E-state index in [4.69, 9.17) is 9.47 Å². The van der Waals surface area contributed by atoms with E-state index in [0.717, 1.165) is 27.1 Å². The Balaban J connectivity index is 3.63. The molecule has 140 valence electrons. The molecular weight excluding hydrogens is 337 g/mol. The van der Waals surface area contributed by atoms with E-state index in [0.29, 0.717) is 13.1 Å². The second-order valence-electron chi connectivity index (χ2n) is 6.16. The van der Waals surface area contributed by atoms with Gasteiger partial charge in [0.1, 0.15) is 5.41 Å². The highest BCUT2D eigenvalue weighted by Crippen LogP contribution is 2.63. The largest absolute Gasteiger partial charge is 0.469 e. The molecule has 2 unspecified atom stereocenters. The normalized spacial score (nSPS) is 20.9. The number of hydrogen-bond donors (Lipinski definition) is 2. The van der Waals surface area contributed by atoms with Gasteiger partial charge in [-0.3, -0.25) is 14.2 Å². The highest BCUT2D eigenvalue weighted by Gasteiger charge is 2.70. The van der Waals surface area contributed by atoms with Gasteiger partial charge in [0.2, 0.25) is 0 Å². The van der Waals surface area contributed by atoms with Gasteiger partial charge in [-0.05, 0) is 38.8 Å². The fourth-order valence-electron chi connectivity index (χ4n) is 3.88. The van der Waals surface area contributed by atoms with Crippen LogP contribution in [0.5, 0.6) is 0 Å². The molecule has 0 spiro atoms. The van der Waals surface area contributed by atoms with E-state index in [1.165, 1.54) is 6.92 Å². The van der Waals surface area contributed by atoms with E-state index in [1.807, 2.05) is 4.90 Å². The van der Waals surface area contributed by atoms with Gasteiger partial charge in [-0.25, -0.2) is 0 Å². The molecule has 0 aliphatic carbocycles. The maximum Gasteiger partial charge on any atom is 0.344 e. The highest BCUT2D eigenvalue weighted by atomic mass is 31.2. The Morgan fingerprint density at radius 2 is 1.54 bits per heavy atom. The maximum atomic E-state index is 12.7. The third-order valence-electron chi connectivity index (χ3n) is 5.20. The number of likely N-dealkylation sites (tertiary alicyclic amines) is 1. The monoisotopic (exact) mass is 365 g/mol. The predicted octanol–water partition coefficient (Wildman–Crippen LogP) is 1.15. The standard InChI is InChI=1S/C15H28NO7P/c1-5-14(12(17)22-3,11-16-9-7-8-10-16)15(6-2,13(18)23-4)24(19,20)21/h5-11H2,1-4H3,(H2,19,20,21). The summed E-state index contributed by atoms with van der Waals surface area (Å²) in [7, 11) is -2.82. The number of ether oxygens (including phenoxy) is 2. The minimum Gasteiger partial charge on any atom is -0.469 e. The van der Waals surface area contributed by atoms with Crippen LogP contribution in [0.25, 0.3) is 0 Å². The molecule has 2 N–H and O–H groups in total. The van der Waals surface area contributed by atoms with Crippen LogP contribution in [0.15, 0.2) is 0 Å². The molecule has 8 nitrogen and oxygen atoms in total. The van der Waals surface area contributed by atoms with Crippen molar-refractivity contribution in [1.82, 2.24) is 4.90 Å². The minimum absolute atomic E-state index is 0.0459. The molecule has 2 atom stereocenters. The lowest BCUT2D eigenvalue weighted by molar-refractivity contribution is -0.167. The summed E-state index contributed by atoms with van der Waals surface area (Å²) in [5.41, 5.74) is -1.69. The third kappa shape index (κ3) is 3.25. The summed E-state index contributed by atoms with van der Waals surface area (Å²) in [5.74, 6) is -1.88. The molecule has 0 aromatic carbocycles. The number of rotatable bonds is 8. The van der Waals surface area contributed by atoms with E-state index >= 15 is 0 Å². The van der Waals surface area contributed by atoms with E-state index < -0.39 is 30.1 Å². The average molecular weight is 365 g/mol. The summed E-state index contributed by atoms with van der Waals surface area (Å²) in [4.78, 5) is 47.4. The van der Waals surface area contributed by atoms with Gasteiger partial charge in [0.05, 0.1) is 14.2 Å². The molecule has 0 aromatic rings. The molecule has 0 aromatic heterocycles.